The van der Waals surface area contributed by atoms with Crippen LogP contribution in [0.1, 0.15) is 40.8 Å². The maximum absolute atomic E-state index is 13.3. The van der Waals surface area contributed by atoms with Gasteiger partial charge in [-0.25, -0.2) is 9.37 Å². The zero-order valence-corrected chi connectivity index (χ0v) is 12.1. The van der Waals surface area contributed by atoms with Crippen LogP contribution in [0.3, 0.4) is 0 Å². The normalized spacial score (nSPS) is 10.8. The van der Waals surface area contributed by atoms with Crippen LogP contribution in [0, 0.1) is 5.82 Å². The predicted octanol–water partition coefficient (Wildman–Crippen LogP) is 2.92. The molecule has 1 aromatic heterocycles. The lowest BCUT2D eigenvalue weighted by Crippen LogP contribution is -2.24. The Balaban J connectivity index is 2.03. The van der Waals surface area contributed by atoms with Crippen molar-refractivity contribution >= 4 is 22.9 Å². The summed E-state index contributed by atoms with van der Waals surface area (Å²) in [5.41, 5.74) is 6.56. The van der Waals surface area contributed by atoms with E-state index >= 15 is 0 Å². The first kappa shape index (κ1) is 14.5. The van der Waals surface area contributed by atoms with Gasteiger partial charge >= 0.3 is 0 Å². The van der Waals surface area contributed by atoms with E-state index in [9.17, 15) is 9.18 Å². The van der Waals surface area contributed by atoms with E-state index in [1.165, 1.54) is 29.5 Å². The molecule has 6 heteroatoms. The van der Waals surface area contributed by atoms with Gasteiger partial charge in [-0.3, -0.25) is 4.79 Å². The monoisotopic (exact) mass is 293 g/mol. The second kappa shape index (κ2) is 6.00. The van der Waals surface area contributed by atoms with Gasteiger partial charge in [0.15, 0.2) is 0 Å². The third-order valence-corrected chi connectivity index (χ3v) is 3.73. The maximum Gasteiger partial charge on any atom is 0.253 e. The van der Waals surface area contributed by atoms with Crippen molar-refractivity contribution in [1.82, 2.24) is 10.3 Å². The fraction of sp³-hybridized carbons (Fsp3) is 0.286. The predicted molar refractivity (Wildman–Crippen MR) is 78.2 cm³/mol. The average Bonchev–Trinajstić information content (AvgIpc) is 2.88. The highest BCUT2D eigenvalue weighted by Crippen LogP contribution is 2.18. The van der Waals surface area contributed by atoms with Crippen LogP contribution < -0.4 is 11.1 Å². The Hall–Kier alpha value is -1.95. The summed E-state index contributed by atoms with van der Waals surface area (Å²) in [6, 6.07) is 4.18. The van der Waals surface area contributed by atoms with E-state index in [0.717, 1.165) is 10.7 Å². The van der Waals surface area contributed by atoms with Gasteiger partial charge in [-0.1, -0.05) is 19.9 Å². The minimum Gasteiger partial charge on any atom is -0.396 e. The number of nitrogens with two attached hydrogens (primary N) is 1. The van der Waals surface area contributed by atoms with Crippen molar-refractivity contribution in [2.24, 2.45) is 0 Å². The molecule has 0 aliphatic rings. The number of halogens is 1. The van der Waals surface area contributed by atoms with Crippen molar-refractivity contribution in [2.75, 3.05) is 5.73 Å². The Bertz CT molecular complexity index is 625. The average molecular weight is 293 g/mol. The topological polar surface area (TPSA) is 68.0 Å². The summed E-state index contributed by atoms with van der Waals surface area (Å²) in [5, 5.41) is 5.49. The number of rotatable bonds is 4. The molecule has 0 atom stereocenters. The lowest BCUT2D eigenvalue weighted by atomic mass is 10.1. The fourth-order valence-electron chi connectivity index (χ4n) is 1.66. The second-order valence-electron chi connectivity index (χ2n) is 4.70. The number of nitrogens with zero attached hydrogens (tertiary/aromatic N) is 1. The van der Waals surface area contributed by atoms with Gasteiger partial charge in [0.1, 0.15) is 10.8 Å². The molecule has 0 radical (unpaired) electrons. The van der Waals surface area contributed by atoms with Crippen LogP contribution in [0.25, 0.3) is 0 Å². The Kier molecular flexibility index (Phi) is 4.34. The fourth-order valence-corrected chi connectivity index (χ4v) is 2.55. The molecule has 0 saturated heterocycles. The van der Waals surface area contributed by atoms with E-state index < -0.39 is 11.7 Å². The molecule has 106 valence electrons. The van der Waals surface area contributed by atoms with E-state index in [1.54, 1.807) is 0 Å². The van der Waals surface area contributed by atoms with Gasteiger partial charge in [0.05, 0.1) is 23.5 Å². The number of para-hydroxylation sites is 1. The molecular formula is C14H16FN3OS. The van der Waals surface area contributed by atoms with Crippen molar-refractivity contribution in [3.63, 3.8) is 0 Å². The van der Waals surface area contributed by atoms with Gasteiger partial charge < -0.3 is 11.1 Å². The summed E-state index contributed by atoms with van der Waals surface area (Å²) in [5.74, 6) is -0.633. The van der Waals surface area contributed by atoms with E-state index in [2.05, 4.69) is 24.1 Å². The number of nitrogen functional groups attached to an aromatic ring is 1. The van der Waals surface area contributed by atoms with E-state index in [-0.39, 0.29) is 11.3 Å². The summed E-state index contributed by atoms with van der Waals surface area (Å²) < 4.78 is 13.3. The molecule has 0 bridgehead atoms. The number of carbonyl (C=O) groups excluding carboxylic acids is 1. The number of benzene rings is 1. The molecule has 0 spiro atoms. The maximum atomic E-state index is 13.3. The molecule has 1 aromatic carbocycles. The summed E-state index contributed by atoms with van der Waals surface area (Å²) in [6.07, 6.45) is 0. The van der Waals surface area contributed by atoms with Crippen LogP contribution >= 0.6 is 11.3 Å². The van der Waals surface area contributed by atoms with Crippen LogP contribution in [-0.4, -0.2) is 10.9 Å². The Morgan fingerprint density at radius 3 is 2.90 bits per heavy atom. The summed E-state index contributed by atoms with van der Waals surface area (Å²) in [4.78, 5) is 16.4. The number of carbonyl (C=O) groups is 1. The van der Waals surface area contributed by atoms with Crippen molar-refractivity contribution in [3.05, 3.63) is 45.7 Å². The van der Waals surface area contributed by atoms with Crippen molar-refractivity contribution in [2.45, 2.75) is 26.3 Å². The molecule has 20 heavy (non-hydrogen) atoms. The van der Waals surface area contributed by atoms with Crippen molar-refractivity contribution in [1.29, 1.82) is 0 Å². The molecule has 0 aliphatic heterocycles. The molecule has 1 heterocycles. The first-order valence-electron chi connectivity index (χ1n) is 6.25. The molecule has 1 amide bonds. The molecule has 0 aliphatic carbocycles. The number of aromatic nitrogens is 1. The van der Waals surface area contributed by atoms with E-state index in [4.69, 9.17) is 5.73 Å². The third-order valence-electron chi connectivity index (χ3n) is 2.86. The standard InChI is InChI=1S/C14H16FN3OS/c1-8(2)11-7-20-12(18-11)6-17-14(19)9-4-3-5-10(15)13(9)16/h3-5,7-8H,6,16H2,1-2H3,(H,17,19). The molecule has 0 saturated carbocycles. The number of thiazole rings is 1. The largest absolute Gasteiger partial charge is 0.396 e. The Labute approximate surface area is 120 Å². The van der Waals surface area contributed by atoms with Crippen molar-refractivity contribution in [3.8, 4) is 0 Å². The van der Waals surface area contributed by atoms with Gasteiger partial charge in [-0.05, 0) is 18.1 Å². The lowest BCUT2D eigenvalue weighted by Gasteiger charge is -2.06. The highest BCUT2D eigenvalue weighted by atomic mass is 32.1. The number of nitrogens with one attached hydrogen (secondary N) is 1. The SMILES string of the molecule is CC(C)c1csc(CNC(=O)c2cccc(F)c2N)n1. The van der Waals surface area contributed by atoms with Crippen LogP contribution in [0.4, 0.5) is 10.1 Å². The summed E-state index contributed by atoms with van der Waals surface area (Å²) >= 11 is 1.49. The quantitative estimate of drug-likeness (QED) is 0.852. The highest BCUT2D eigenvalue weighted by molar-refractivity contribution is 7.09. The minimum atomic E-state index is -0.589. The summed E-state index contributed by atoms with van der Waals surface area (Å²) in [6.45, 7) is 4.43. The third kappa shape index (κ3) is 3.14. The zero-order valence-electron chi connectivity index (χ0n) is 11.3. The first-order chi connectivity index (χ1) is 9.49. The van der Waals surface area contributed by atoms with Crippen LogP contribution in [-0.2, 0) is 6.54 Å². The van der Waals surface area contributed by atoms with Gasteiger partial charge in [0.25, 0.3) is 5.91 Å². The molecule has 0 fully saturated rings. The van der Waals surface area contributed by atoms with Gasteiger partial charge in [-0.15, -0.1) is 11.3 Å². The Morgan fingerprint density at radius 1 is 1.50 bits per heavy atom. The van der Waals surface area contributed by atoms with Gasteiger partial charge in [-0.2, -0.15) is 0 Å². The molecular weight excluding hydrogens is 277 g/mol. The van der Waals surface area contributed by atoms with Crippen LogP contribution in [0.5, 0.6) is 0 Å². The van der Waals surface area contributed by atoms with E-state index in [1.807, 2.05) is 5.38 Å². The lowest BCUT2D eigenvalue weighted by molar-refractivity contribution is 0.0951. The highest BCUT2D eigenvalue weighted by Gasteiger charge is 2.13. The molecule has 2 rings (SSSR count). The second-order valence-corrected chi connectivity index (χ2v) is 5.65. The molecule has 2 aromatic rings. The summed E-state index contributed by atoms with van der Waals surface area (Å²) in [7, 11) is 0. The minimum absolute atomic E-state index is 0.132. The Morgan fingerprint density at radius 2 is 2.25 bits per heavy atom. The smallest absolute Gasteiger partial charge is 0.253 e. The van der Waals surface area contributed by atoms with Crippen LogP contribution in [0.15, 0.2) is 23.6 Å². The zero-order chi connectivity index (χ0) is 14.7. The number of hydrogen-bond acceptors (Lipinski definition) is 4. The number of anilines is 1. The van der Waals surface area contributed by atoms with Gasteiger partial charge in [0.2, 0.25) is 0 Å². The molecule has 0 unspecified atom stereocenters. The first-order valence-corrected chi connectivity index (χ1v) is 7.13. The molecule has 4 nitrogen and oxygen atoms in total. The van der Waals surface area contributed by atoms with E-state index in [0.29, 0.717) is 12.5 Å². The molecule has 3 N–H and O–H groups in total. The van der Waals surface area contributed by atoms with Gasteiger partial charge in [0, 0.05) is 5.38 Å². The van der Waals surface area contributed by atoms with Crippen molar-refractivity contribution < 1.29 is 9.18 Å². The van der Waals surface area contributed by atoms with Crippen LogP contribution in [0.2, 0.25) is 0 Å². The number of hydrogen-bond donors (Lipinski definition) is 2. The number of amides is 1.